The summed E-state index contributed by atoms with van der Waals surface area (Å²) in [6, 6.07) is 17.4. The van der Waals surface area contributed by atoms with Crippen LogP contribution in [0.2, 0.25) is 5.02 Å². The summed E-state index contributed by atoms with van der Waals surface area (Å²) in [7, 11) is 0. The van der Waals surface area contributed by atoms with E-state index < -0.39 is 18.2 Å². The van der Waals surface area contributed by atoms with Crippen molar-refractivity contribution in [2.24, 2.45) is 0 Å². The molecule has 0 saturated carbocycles. The van der Waals surface area contributed by atoms with Crippen LogP contribution in [0.5, 0.6) is 11.5 Å². The Morgan fingerprint density at radius 2 is 1.70 bits per heavy atom. The summed E-state index contributed by atoms with van der Waals surface area (Å²) in [5.41, 5.74) is 2.51. The summed E-state index contributed by atoms with van der Waals surface area (Å²) >= 11 is 5.96. The zero-order valence-corrected chi connectivity index (χ0v) is 21.0. The largest absolute Gasteiger partial charge is 0.573 e. The third-order valence-corrected chi connectivity index (χ3v) is 6.24. The van der Waals surface area contributed by atoms with Crippen LogP contribution in [0.4, 0.5) is 13.2 Å². The number of hydrogen-bond acceptors (Lipinski definition) is 4. The fraction of sp³-hybridized carbons (Fsp3) is 0.214. The highest BCUT2D eigenvalue weighted by atomic mass is 35.5. The van der Waals surface area contributed by atoms with Gasteiger partial charge < -0.3 is 14.0 Å². The van der Waals surface area contributed by atoms with Gasteiger partial charge in [0, 0.05) is 34.3 Å². The summed E-state index contributed by atoms with van der Waals surface area (Å²) in [5, 5.41) is 0.968. The molecule has 1 atom stereocenters. The maximum Gasteiger partial charge on any atom is 0.573 e. The lowest BCUT2D eigenvalue weighted by Gasteiger charge is -2.14. The molecule has 0 spiro atoms. The highest BCUT2D eigenvalue weighted by molar-refractivity contribution is 6.30. The van der Waals surface area contributed by atoms with Gasteiger partial charge in [-0.05, 0) is 74.9 Å². The molecule has 0 aliphatic rings. The van der Waals surface area contributed by atoms with Crippen molar-refractivity contribution >= 4 is 34.1 Å². The lowest BCUT2D eigenvalue weighted by molar-refractivity contribution is -0.274. The number of benzene rings is 3. The number of ketones is 2. The van der Waals surface area contributed by atoms with Gasteiger partial charge in [0.25, 0.3) is 0 Å². The first-order chi connectivity index (χ1) is 17.4. The standard InChI is InChI=1S/C28H23ClF3NO4/c1-16-26(27(35)20-7-9-21(29)10-8-20)24-12-11-23(37-28(30,31)32)14-25(24)33(16)15-19-5-4-6-22(13-19)36-18(3)17(2)34/h4-14,18H,15H2,1-3H3/t18-/m1/s1. The third-order valence-electron chi connectivity index (χ3n) is 5.99. The van der Waals surface area contributed by atoms with Gasteiger partial charge in [-0.1, -0.05) is 23.7 Å². The molecule has 0 saturated heterocycles. The molecule has 1 aromatic heterocycles. The van der Waals surface area contributed by atoms with Gasteiger partial charge in [-0.2, -0.15) is 0 Å². The van der Waals surface area contributed by atoms with Crippen LogP contribution < -0.4 is 9.47 Å². The Labute approximate surface area is 216 Å². The Balaban J connectivity index is 1.81. The number of fused-ring (bicyclic) bond motifs is 1. The van der Waals surface area contributed by atoms with E-state index in [0.29, 0.717) is 38.5 Å². The van der Waals surface area contributed by atoms with Crippen molar-refractivity contribution in [2.45, 2.75) is 39.8 Å². The van der Waals surface area contributed by atoms with Crippen LogP contribution in [-0.4, -0.2) is 28.6 Å². The van der Waals surface area contributed by atoms with Crippen LogP contribution in [-0.2, 0) is 11.3 Å². The molecule has 0 unspecified atom stereocenters. The molecule has 3 aromatic carbocycles. The predicted molar refractivity (Wildman–Crippen MR) is 135 cm³/mol. The van der Waals surface area contributed by atoms with Crippen LogP contribution in [0.15, 0.2) is 66.7 Å². The van der Waals surface area contributed by atoms with Gasteiger partial charge in [0.15, 0.2) is 17.7 Å². The third kappa shape index (κ3) is 5.97. The van der Waals surface area contributed by atoms with Crippen molar-refractivity contribution in [3.8, 4) is 11.5 Å². The number of carbonyl (C=O) groups excluding carboxylic acids is 2. The molecular weight excluding hydrogens is 507 g/mol. The first kappa shape index (κ1) is 26.3. The lowest BCUT2D eigenvalue weighted by Crippen LogP contribution is -2.20. The number of Topliss-reactive ketones (excluding diaryl/α,β-unsaturated/α-hetero) is 1. The molecule has 0 N–H and O–H groups in total. The Morgan fingerprint density at radius 3 is 2.35 bits per heavy atom. The topological polar surface area (TPSA) is 57.5 Å². The zero-order valence-electron chi connectivity index (χ0n) is 20.2. The van der Waals surface area contributed by atoms with Crippen molar-refractivity contribution < 1.29 is 32.2 Å². The van der Waals surface area contributed by atoms with Gasteiger partial charge in [-0.25, -0.2) is 0 Å². The molecule has 0 bridgehead atoms. The molecule has 5 nitrogen and oxygen atoms in total. The molecule has 0 aliphatic carbocycles. The number of ether oxygens (including phenoxy) is 2. The number of nitrogens with zero attached hydrogens (tertiary/aromatic N) is 1. The van der Waals surface area contributed by atoms with Gasteiger partial charge in [0.1, 0.15) is 11.5 Å². The molecule has 37 heavy (non-hydrogen) atoms. The fourth-order valence-corrected chi connectivity index (χ4v) is 4.20. The summed E-state index contributed by atoms with van der Waals surface area (Å²) in [6.07, 6.45) is -5.49. The number of hydrogen-bond donors (Lipinski definition) is 0. The van der Waals surface area contributed by atoms with E-state index >= 15 is 0 Å². The Bertz CT molecular complexity index is 1480. The molecule has 0 amide bonds. The second kappa shape index (κ2) is 10.3. The number of aromatic nitrogens is 1. The molecule has 4 aromatic rings. The average Bonchev–Trinajstić information content (AvgIpc) is 3.09. The minimum Gasteiger partial charge on any atom is -0.483 e. The Morgan fingerprint density at radius 1 is 1.00 bits per heavy atom. The van der Waals surface area contributed by atoms with Crippen molar-refractivity contribution in [3.63, 3.8) is 0 Å². The van der Waals surface area contributed by atoms with Crippen molar-refractivity contribution in [3.05, 3.63) is 94.1 Å². The SMILES string of the molecule is CC(=O)[C@@H](C)Oc1cccc(Cn2c(C)c(C(=O)c3ccc(Cl)cc3)c3ccc(OC(F)(F)F)cc32)c1. The van der Waals surface area contributed by atoms with Crippen LogP contribution in [0.25, 0.3) is 10.9 Å². The van der Waals surface area contributed by atoms with E-state index in [1.54, 1.807) is 60.9 Å². The van der Waals surface area contributed by atoms with Crippen molar-refractivity contribution in [1.82, 2.24) is 4.57 Å². The van der Waals surface area contributed by atoms with E-state index in [1.807, 2.05) is 6.07 Å². The molecule has 1 heterocycles. The van der Waals surface area contributed by atoms with E-state index in [0.717, 1.165) is 5.56 Å². The smallest absolute Gasteiger partial charge is 0.483 e. The van der Waals surface area contributed by atoms with Crippen LogP contribution >= 0.6 is 11.6 Å². The summed E-state index contributed by atoms with van der Waals surface area (Å²) < 4.78 is 50.4. The van der Waals surface area contributed by atoms with Crippen molar-refractivity contribution in [2.75, 3.05) is 0 Å². The Hall–Kier alpha value is -3.78. The lowest BCUT2D eigenvalue weighted by atomic mass is 10.0. The van der Waals surface area contributed by atoms with E-state index in [4.69, 9.17) is 16.3 Å². The van der Waals surface area contributed by atoms with Gasteiger partial charge in [0.05, 0.1) is 11.1 Å². The summed E-state index contributed by atoms with van der Waals surface area (Å²) in [5.74, 6) is -0.320. The second-order valence-corrected chi connectivity index (χ2v) is 9.06. The minimum absolute atomic E-state index is 0.125. The van der Waals surface area contributed by atoms with E-state index in [-0.39, 0.29) is 18.1 Å². The second-order valence-electron chi connectivity index (χ2n) is 8.63. The van der Waals surface area contributed by atoms with E-state index in [9.17, 15) is 22.8 Å². The zero-order chi connectivity index (χ0) is 26.9. The van der Waals surface area contributed by atoms with E-state index in [2.05, 4.69) is 4.74 Å². The summed E-state index contributed by atoms with van der Waals surface area (Å²) in [4.78, 5) is 25.1. The number of halogens is 4. The molecule has 0 fully saturated rings. The normalized spacial score (nSPS) is 12.4. The minimum atomic E-state index is -4.86. The molecular formula is C28H23ClF3NO4. The fourth-order valence-electron chi connectivity index (χ4n) is 4.08. The van der Waals surface area contributed by atoms with Gasteiger partial charge >= 0.3 is 6.36 Å². The van der Waals surface area contributed by atoms with Crippen LogP contribution in [0.1, 0.15) is 41.0 Å². The summed E-state index contributed by atoms with van der Waals surface area (Å²) in [6.45, 7) is 5.06. The highest BCUT2D eigenvalue weighted by Gasteiger charge is 2.31. The number of rotatable bonds is 8. The van der Waals surface area contributed by atoms with Gasteiger partial charge in [-0.15, -0.1) is 13.2 Å². The quantitative estimate of drug-likeness (QED) is 0.228. The predicted octanol–water partition coefficient (Wildman–Crippen LogP) is 7.14. The molecule has 0 radical (unpaired) electrons. The average molecular weight is 530 g/mol. The Kier molecular flexibility index (Phi) is 7.32. The number of alkyl halides is 3. The van der Waals surface area contributed by atoms with Gasteiger partial charge in [-0.3, -0.25) is 9.59 Å². The molecule has 0 aliphatic heterocycles. The van der Waals surface area contributed by atoms with Gasteiger partial charge in [0.2, 0.25) is 0 Å². The highest BCUT2D eigenvalue weighted by Crippen LogP contribution is 2.34. The van der Waals surface area contributed by atoms with Crippen LogP contribution in [0, 0.1) is 6.92 Å². The van der Waals surface area contributed by atoms with E-state index in [1.165, 1.54) is 25.1 Å². The monoisotopic (exact) mass is 529 g/mol. The molecule has 192 valence electrons. The first-order valence-corrected chi connectivity index (χ1v) is 11.8. The maximum absolute atomic E-state index is 13.5. The van der Waals surface area contributed by atoms with Crippen LogP contribution in [0.3, 0.4) is 0 Å². The molecule has 4 rings (SSSR count). The molecule has 9 heteroatoms. The first-order valence-electron chi connectivity index (χ1n) is 11.4. The maximum atomic E-state index is 13.5. The van der Waals surface area contributed by atoms with Crippen molar-refractivity contribution in [1.29, 1.82) is 0 Å². The number of carbonyl (C=O) groups is 2.